The molecule has 4 heteroatoms. The maximum atomic E-state index is 5.60. The van der Waals surface area contributed by atoms with Crippen molar-refractivity contribution in [1.82, 2.24) is 9.97 Å². The van der Waals surface area contributed by atoms with Crippen LogP contribution < -0.4 is 5.73 Å². The first-order chi connectivity index (χ1) is 7.34. The van der Waals surface area contributed by atoms with Crippen LogP contribution in [0.4, 0.5) is 5.95 Å². The Hall–Kier alpha value is -1.68. The predicted octanol–water partition coefficient (Wildman–Crippen LogP) is 2.40. The van der Waals surface area contributed by atoms with Gasteiger partial charge in [0.2, 0.25) is 5.95 Å². The van der Waals surface area contributed by atoms with Crippen LogP contribution in [0.2, 0.25) is 0 Å². The third kappa shape index (κ3) is 1.34. The smallest absolute Gasteiger partial charge is 0.220 e. The van der Waals surface area contributed by atoms with Crippen molar-refractivity contribution in [3.63, 3.8) is 0 Å². The van der Waals surface area contributed by atoms with E-state index in [2.05, 4.69) is 28.2 Å². The Morgan fingerprint density at radius 2 is 2.27 bits per heavy atom. The number of fused-ring (bicyclic) bond motifs is 3. The third-order valence-electron chi connectivity index (χ3n) is 2.38. The maximum Gasteiger partial charge on any atom is 0.220 e. The molecule has 0 saturated heterocycles. The molecule has 2 aromatic heterocycles. The second-order valence-corrected chi connectivity index (χ2v) is 4.51. The van der Waals surface area contributed by atoms with Crippen LogP contribution in [0.25, 0.3) is 16.3 Å². The molecule has 2 heterocycles. The summed E-state index contributed by atoms with van der Waals surface area (Å²) in [6.07, 6.45) is 11.1. The summed E-state index contributed by atoms with van der Waals surface area (Å²) in [5.74, 6) is 0.341. The van der Waals surface area contributed by atoms with E-state index in [0.29, 0.717) is 5.95 Å². The zero-order valence-corrected chi connectivity index (χ0v) is 8.79. The molecule has 0 aliphatic heterocycles. The van der Waals surface area contributed by atoms with E-state index in [-0.39, 0.29) is 0 Å². The second-order valence-electron chi connectivity index (χ2n) is 3.37. The zero-order chi connectivity index (χ0) is 10.3. The molecule has 0 bridgehead atoms. The highest BCUT2D eigenvalue weighted by Crippen LogP contribution is 2.32. The van der Waals surface area contributed by atoms with Crippen molar-refractivity contribution in [1.29, 1.82) is 0 Å². The lowest BCUT2D eigenvalue weighted by Crippen LogP contribution is -1.93. The average Bonchev–Trinajstić information content (AvgIpc) is 2.44. The monoisotopic (exact) mass is 215 g/mol. The van der Waals surface area contributed by atoms with Gasteiger partial charge in [-0.05, 0) is 0 Å². The minimum atomic E-state index is 0.341. The zero-order valence-electron chi connectivity index (χ0n) is 7.97. The molecule has 0 aromatic carbocycles. The van der Waals surface area contributed by atoms with E-state index in [1.807, 2.05) is 6.08 Å². The number of hydrogen-bond acceptors (Lipinski definition) is 4. The van der Waals surface area contributed by atoms with Gasteiger partial charge in [-0.15, -0.1) is 11.3 Å². The van der Waals surface area contributed by atoms with Crippen molar-refractivity contribution >= 4 is 33.6 Å². The molecular weight excluding hydrogens is 206 g/mol. The molecular formula is C11H9N3S. The fourth-order valence-corrected chi connectivity index (χ4v) is 2.78. The van der Waals surface area contributed by atoms with Crippen molar-refractivity contribution in [3.05, 3.63) is 34.9 Å². The summed E-state index contributed by atoms with van der Waals surface area (Å²) < 4.78 is 1.11. The fourth-order valence-electron chi connectivity index (χ4n) is 1.70. The van der Waals surface area contributed by atoms with Gasteiger partial charge in [-0.2, -0.15) is 0 Å². The number of hydrogen-bond donors (Lipinski definition) is 1. The summed E-state index contributed by atoms with van der Waals surface area (Å²) in [7, 11) is 0. The Balaban J connectivity index is 2.35. The molecule has 0 radical (unpaired) electrons. The van der Waals surface area contributed by atoms with Crippen LogP contribution in [0.3, 0.4) is 0 Å². The molecule has 2 aromatic rings. The first-order valence-electron chi connectivity index (χ1n) is 4.72. The average molecular weight is 215 g/mol. The molecule has 0 amide bonds. The number of thiophene rings is 1. The van der Waals surface area contributed by atoms with Crippen LogP contribution in [0.5, 0.6) is 0 Å². The van der Waals surface area contributed by atoms with Gasteiger partial charge < -0.3 is 5.73 Å². The summed E-state index contributed by atoms with van der Waals surface area (Å²) in [5, 5.41) is 0. The summed E-state index contributed by atoms with van der Waals surface area (Å²) >= 11 is 1.74. The molecule has 74 valence electrons. The van der Waals surface area contributed by atoms with Crippen molar-refractivity contribution in [3.8, 4) is 0 Å². The SMILES string of the molecule is Nc1ncc2sc3c(c2n1)C=CC=CC3. The fraction of sp³-hybridized carbons (Fsp3) is 0.0909. The third-order valence-corrected chi connectivity index (χ3v) is 3.53. The number of nitrogens with zero attached hydrogens (tertiary/aromatic N) is 2. The number of anilines is 1. The molecule has 3 rings (SSSR count). The van der Waals surface area contributed by atoms with E-state index >= 15 is 0 Å². The van der Waals surface area contributed by atoms with Gasteiger partial charge in [-0.25, -0.2) is 9.97 Å². The van der Waals surface area contributed by atoms with Crippen LogP contribution in [0.1, 0.15) is 10.4 Å². The van der Waals surface area contributed by atoms with E-state index in [4.69, 9.17) is 5.73 Å². The van der Waals surface area contributed by atoms with E-state index in [9.17, 15) is 0 Å². The van der Waals surface area contributed by atoms with E-state index in [0.717, 1.165) is 16.6 Å². The van der Waals surface area contributed by atoms with Crippen molar-refractivity contribution in [2.45, 2.75) is 6.42 Å². The topological polar surface area (TPSA) is 51.8 Å². The molecule has 2 N–H and O–H groups in total. The highest BCUT2D eigenvalue weighted by molar-refractivity contribution is 7.19. The van der Waals surface area contributed by atoms with Gasteiger partial charge in [0.05, 0.1) is 16.4 Å². The van der Waals surface area contributed by atoms with E-state index in [1.165, 1.54) is 10.4 Å². The summed E-state index contributed by atoms with van der Waals surface area (Å²) in [4.78, 5) is 9.63. The van der Waals surface area contributed by atoms with E-state index in [1.54, 1.807) is 17.5 Å². The molecule has 15 heavy (non-hydrogen) atoms. The lowest BCUT2D eigenvalue weighted by molar-refractivity contribution is 1.24. The lowest BCUT2D eigenvalue weighted by Gasteiger charge is -1.94. The van der Waals surface area contributed by atoms with E-state index < -0.39 is 0 Å². The Morgan fingerprint density at radius 3 is 3.20 bits per heavy atom. The Bertz CT molecular complexity index is 581. The van der Waals surface area contributed by atoms with Crippen molar-refractivity contribution in [2.75, 3.05) is 5.73 Å². The first-order valence-corrected chi connectivity index (χ1v) is 5.53. The summed E-state index contributed by atoms with van der Waals surface area (Å²) in [5.41, 5.74) is 7.76. The normalized spacial score (nSPS) is 14.1. The molecule has 1 aliphatic rings. The Morgan fingerprint density at radius 1 is 1.33 bits per heavy atom. The number of rotatable bonds is 0. The van der Waals surface area contributed by atoms with Gasteiger partial charge in [0.1, 0.15) is 0 Å². The molecule has 0 atom stereocenters. The predicted molar refractivity (Wildman–Crippen MR) is 63.7 cm³/mol. The van der Waals surface area contributed by atoms with Gasteiger partial charge in [0.25, 0.3) is 0 Å². The first kappa shape index (κ1) is 8.61. The van der Waals surface area contributed by atoms with Gasteiger partial charge in [0.15, 0.2) is 0 Å². The van der Waals surface area contributed by atoms with Gasteiger partial charge in [-0.1, -0.05) is 24.3 Å². The molecule has 0 saturated carbocycles. The molecule has 1 aliphatic carbocycles. The number of aromatic nitrogens is 2. The number of nitrogens with two attached hydrogens (primary N) is 1. The Labute approximate surface area is 91.0 Å². The maximum absolute atomic E-state index is 5.60. The van der Waals surface area contributed by atoms with Crippen LogP contribution >= 0.6 is 11.3 Å². The quantitative estimate of drug-likeness (QED) is 0.734. The van der Waals surface area contributed by atoms with Crippen LogP contribution in [0, 0.1) is 0 Å². The standard InChI is InChI=1S/C11H9N3S/c12-11-13-6-9-10(14-11)7-4-2-1-3-5-8(7)15-9/h1-4,6H,5H2,(H2,12,13,14). The highest BCUT2D eigenvalue weighted by atomic mass is 32.1. The summed E-state index contributed by atoms with van der Waals surface area (Å²) in [6, 6.07) is 0. The highest BCUT2D eigenvalue weighted by Gasteiger charge is 2.11. The summed E-state index contributed by atoms with van der Waals surface area (Å²) in [6.45, 7) is 0. The minimum Gasteiger partial charge on any atom is -0.368 e. The van der Waals surface area contributed by atoms with Crippen molar-refractivity contribution < 1.29 is 0 Å². The lowest BCUT2D eigenvalue weighted by atomic mass is 10.2. The molecule has 0 spiro atoms. The Kier molecular flexibility index (Phi) is 1.82. The van der Waals surface area contributed by atoms with Gasteiger partial charge >= 0.3 is 0 Å². The number of allylic oxidation sites excluding steroid dienone is 3. The largest absolute Gasteiger partial charge is 0.368 e. The van der Waals surface area contributed by atoms with Gasteiger partial charge in [0, 0.05) is 16.9 Å². The van der Waals surface area contributed by atoms with Crippen LogP contribution in [0.15, 0.2) is 24.4 Å². The molecule has 3 nitrogen and oxygen atoms in total. The van der Waals surface area contributed by atoms with Crippen molar-refractivity contribution in [2.24, 2.45) is 0 Å². The molecule has 0 fully saturated rings. The van der Waals surface area contributed by atoms with Crippen LogP contribution in [-0.4, -0.2) is 9.97 Å². The second kappa shape index (κ2) is 3.17. The van der Waals surface area contributed by atoms with Crippen LogP contribution in [-0.2, 0) is 6.42 Å². The number of nitrogen functional groups attached to an aromatic ring is 1. The van der Waals surface area contributed by atoms with Gasteiger partial charge in [-0.3, -0.25) is 0 Å². The minimum absolute atomic E-state index is 0.341. The molecule has 0 unspecified atom stereocenters.